The maximum absolute atomic E-state index is 13.4. The van der Waals surface area contributed by atoms with Crippen LogP contribution in [0, 0.1) is 12.7 Å². The van der Waals surface area contributed by atoms with E-state index in [9.17, 15) is 14.0 Å². The van der Waals surface area contributed by atoms with Gasteiger partial charge in [0.15, 0.2) is 0 Å². The van der Waals surface area contributed by atoms with Crippen LogP contribution in [0.3, 0.4) is 0 Å². The molecule has 7 nitrogen and oxygen atoms in total. The van der Waals surface area contributed by atoms with Crippen molar-refractivity contribution in [2.24, 2.45) is 0 Å². The number of hydrogen-bond acceptors (Lipinski definition) is 4. The van der Waals surface area contributed by atoms with Gasteiger partial charge in [0.1, 0.15) is 17.3 Å². The first kappa shape index (κ1) is 23.6. The number of rotatable bonds is 8. The highest BCUT2D eigenvalue weighted by molar-refractivity contribution is 6.06. The van der Waals surface area contributed by atoms with Crippen molar-refractivity contribution in [3.8, 4) is 11.5 Å². The molecule has 0 bridgehead atoms. The average molecular weight is 451 g/mol. The first-order valence-corrected chi connectivity index (χ1v) is 10.3. The van der Waals surface area contributed by atoms with Gasteiger partial charge < -0.3 is 25.0 Å². The number of carbonyl (C=O) groups excluding carboxylic acids is 2. The maximum Gasteiger partial charge on any atom is 0.319 e. The van der Waals surface area contributed by atoms with Crippen LogP contribution >= 0.6 is 0 Å². The third kappa shape index (κ3) is 6.22. The van der Waals surface area contributed by atoms with Gasteiger partial charge in [-0.05, 0) is 55.5 Å². The van der Waals surface area contributed by atoms with Crippen molar-refractivity contribution in [2.75, 3.05) is 37.5 Å². The zero-order valence-electron chi connectivity index (χ0n) is 18.7. The summed E-state index contributed by atoms with van der Waals surface area (Å²) in [6, 6.07) is 17.4. The summed E-state index contributed by atoms with van der Waals surface area (Å²) in [4.78, 5) is 27.0. The molecule has 0 fully saturated rings. The molecule has 0 heterocycles. The van der Waals surface area contributed by atoms with Gasteiger partial charge >= 0.3 is 6.03 Å². The number of ether oxygens (including phenoxy) is 2. The first-order chi connectivity index (χ1) is 15.9. The SMILES string of the molecule is COc1ccc(NC(=O)NCCN(C(=O)c2ccc(C)cc2)c2ccc(F)cc2)c(OC)c1. The summed E-state index contributed by atoms with van der Waals surface area (Å²) in [6.07, 6.45) is 0. The van der Waals surface area contributed by atoms with E-state index in [2.05, 4.69) is 10.6 Å². The number of halogens is 1. The minimum absolute atomic E-state index is 0.166. The van der Waals surface area contributed by atoms with Crippen LogP contribution < -0.4 is 25.0 Å². The Kier molecular flexibility index (Phi) is 7.86. The Morgan fingerprint density at radius 3 is 2.27 bits per heavy atom. The molecule has 0 aromatic heterocycles. The molecule has 0 atom stereocenters. The molecule has 0 saturated carbocycles. The summed E-state index contributed by atoms with van der Waals surface area (Å²) in [6.45, 7) is 2.29. The number of hydrogen-bond donors (Lipinski definition) is 2. The van der Waals surface area contributed by atoms with Gasteiger partial charge in [0.05, 0.1) is 19.9 Å². The lowest BCUT2D eigenvalue weighted by molar-refractivity contribution is 0.0987. The van der Waals surface area contributed by atoms with Gasteiger partial charge in [0, 0.05) is 30.4 Å². The largest absolute Gasteiger partial charge is 0.497 e. The Labute approximate surface area is 192 Å². The van der Waals surface area contributed by atoms with Crippen LogP contribution in [0.25, 0.3) is 0 Å². The minimum atomic E-state index is -0.458. The normalized spacial score (nSPS) is 10.3. The lowest BCUT2D eigenvalue weighted by Gasteiger charge is -2.23. The van der Waals surface area contributed by atoms with Crippen LogP contribution in [-0.2, 0) is 0 Å². The van der Waals surface area contributed by atoms with E-state index < -0.39 is 11.8 Å². The topological polar surface area (TPSA) is 79.9 Å². The quantitative estimate of drug-likeness (QED) is 0.524. The van der Waals surface area contributed by atoms with Gasteiger partial charge in [-0.2, -0.15) is 0 Å². The number of urea groups is 1. The number of methoxy groups -OCH3 is 2. The first-order valence-electron chi connectivity index (χ1n) is 10.3. The van der Waals surface area contributed by atoms with E-state index in [0.29, 0.717) is 28.4 Å². The van der Waals surface area contributed by atoms with E-state index in [1.807, 2.05) is 19.1 Å². The number of anilines is 2. The summed E-state index contributed by atoms with van der Waals surface area (Å²) >= 11 is 0. The fraction of sp³-hybridized carbons (Fsp3) is 0.200. The summed E-state index contributed by atoms with van der Waals surface area (Å²) in [5, 5.41) is 5.45. The zero-order valence-corrected chi connectivity index (χ0v) is 18.7. The number of aryl methyl sites for hydroxylation is 1. The summed E-state index contributed by atoms with van der Waals surface area (Å²) in [7, 11) is 3.04. The average Bonchev–Trinajstić information content (AvgIpc) is 2.83. The van der Waals surface area contributed by atoms with Crippen molar-refractivity contribution >= 4 is 23.3 Å². The van der Waals surface area contributed by atoms with Crippen LogP contribution in [0.4, 0.5) is 20.6 Å². The van der Waals surface area contributed by atoms with Crippen LogP contribution in [0.15, 0.2) is 66.7 Å². The number of carbonyl (C=O) groups is 2. The second kappa shape index (κ2) is 11.0. The Morgan fingerprint density at radius 2 is 1.64 bits per heavy atom. The van der Waals surface area contributed by atoms with E-state index in [0.717, 1.165) is 5.56 Å². The Bertz CT molecular complexity index is 1100. The van der Waals surface area contributed by atoms with E-state index in [-0.39, 0.29) is 19.0 Å². The summed E-state index contributed by atoms with van der Waals surface area (Å²) in [5.74, 6) is 0.405. The van der Waals surface area contributed by atoms with E-state index >= 15 is 0 Å². The lowest BCUT2D eigenvalue weighted by Crippen LogP contribution is -2.40. The van der Waals surface area contributed by atoms with Crippen LogP contribution in [0.5, 0.6) is 11.5 Å². The predicted octanol–water partition coefficient (Wildman–Crippen LogP) is 4.62. The van der Waals surface area contributed by atoms with Crippen molar-refractivity contribution in [3.63, 3.8) is 0 Å². The Hall–Kier alpha value is -4.07. The van der Waals surface area contributed by atoms with E-state index in [4.69, 9.17) is 9.47 Å². The smallest absolute Gasteiger partial charge is 0.319 e. The van der Waals surface area contributed by atoms with Gasteiger partial charge in [-0.3, -0.25) is 4.79 Å². The minimum Gasteiger partial charge on any atom is -0.497 e. The molecule has 3 rings (SSSR count). The van der Waals surface area contributed by atoms with Gasteiger partial charge in [-0.1, -0.05) is 17.7 Å². The van der Waals surface area contributed by atoms with Crippen molar-refractivity contribution in [1.82, 2.24) is 5.32 Å². The Balaban J connectivity index is 1.68. The molecule has 33 heavy (non-hydrogen) atoms. The fourth-order valence-corrected chi connectivity index (χ4v) is 3.17. The van der Waals surface area contributed by atoms with Gasteiger partial charge in [0.2, 0.25) is 0 Å². The van der Waals surface area contributed by atoms with Gasteiger partial charge in [-0.15, -0.1) is 0 Å². The molecular formula is C25H26FN3O4. The molecule has 2 N–H and O–H groups in total. The van der Waals surface area contributed by atoms with Crippen LogP contribution in [0.2, 0.25) is 0 Å². The number of nitrogens with zero attached hydrogens (tertiary/aromatic N) is 1. The summed E-state index contributed by atoms with van der Waals surface area (Å²) in [5.41, 5.74) is 2.53. The molecule has 0 saturated heterocycles. The molecule has 3 amide bonds. The number of nitrogens with one attached hydrogen (secondary N) is 2. The van der Waals surface area contributed by atoms with E-state index in [1.165, 1.54) is 36.3 Å². The van der Waals surface area contributed by atoms with Crippen molar-refractivity contribution < 1.29 is 23.5 Å². The highest BCUT2D eigenvalue weighted by Gasteiger charge is 2.18. The van der Waals surface area contributed by atoms with Crippen molar-refractivity contribution in [1.29, 1.82) is 0 Å². The standard InChI is InChI=1S/C25H26FN3O4/c1-17-4-6-18(7-5-17)24(30)29(20-10-8-19(26)9-11-20)15-14-27-25(31)28-22-13-12-21(32-2)16-23(22)33-3/h4-13,16H,14-15H2,1-3H3,(H2,27,28,31). The molecule has 172 valence electrons. The van der Waals surface area contributed by atoms with Crippen LogP contribution in [-0.4, -0.2) is 39.2 Å². The monoisotopic (exact) mass is 451 g/mol. The van der Waals surface area contributed by atoms with Crippen molar-refractivity contribution in [2.45, 2.75) is 6.92 Å². The van der Waals surface area contributed by atoms with Crippen molar-refractivity contribution in [3.05, 3.63) is 83.7 Å². The number of amides is 3. The predicted molar refractivity (Wildman–Crippen MR) is 126 cm³/mol. The fourth-order valence-electron chi connectivity index (χ4n) is 3.17. The zero-order chi connectivity index (χ0) is 23.8. The van der Waals surface area contributed by atoms with E-state index in [1.54, 1.807) is 37.4 Å². The van der Waals surface area contributed by atoms with Gasteiger partial charge in [-0.25, -0.2) is 9.18 Å². The molecule has 0 aliphatic carbocycles. The lowest BCUT2D eigenvalue weighted by atomic mass is 10.1. The molecule has 3 aromatic rings. The molecule has 8 heteroatoms. The second-order valence-electron chi connectivity index (χ2n) is 7.25. The third-order valence-electron chi connectivity index (χ3n) is 4.96. The highest BCUT2D eigenvalue weighted by Crippen LogP contribution is 2.28. The maximum atomic E-state index is 13.4. The third-order valence-corrected chi connectivity index (χ3v) is 4.96. The Morgan fingerprint density at radius 1 is 0.939 bits per heavy atom. The molecule has 0 spiro atoms. The second-order valence-corrected chi connectivity index (χ2v) is 7.25. The highest BCUT2D eigenvalue weighted by atomic mass is 19.1. The molecule has 0 aliphatic rings. The molecular weight excluding hydrogens is 425 g/mol. The summed E-state index contributed by atoms with van der Waals surface area (Å²) < 4.78 is 23.8. The molecule has 0 unspecified atom stereocenters. The van der Waals surface area contributed by atoms with Gasteiger partial charge in [0.25, 0.3) is 5.91 Å². The molecule has 3 aromatic carbocycles. The molecule has 0 radical (unpaired) electrons. The number of benzene rings is 3. The molecule has 0 aliphatic heterocycles. The van der Waals surface area contributed by atoms with Crippen LogP contribution in [0.1, 0.15) is 15.9 Å².